The predicted molar refractivity (Wildman–Crippen MR) is 66.2 cm³/mol. The highest BCUT2D eigenvalue weighted by atomic mass is 16.2. The van der Waals surface area contributed by atoms with Crippen LogP contribution in [0.3, 0.4) is 0 Å². The molecule has 1 amide bonds. The summed E-state index contributed by atoms with van der Waals surface area (Å²) in [6.07, 6.45) is 4.22. The summed E-state index contributed by atoms with van der Waals surface area (Å²) < 4.78 is 0. The lowest BCUT2D eigenvalue weighted by Gasteiger charge is -2.31. The van der Waals surface area contributed by atoms with Crippen molar-refractivity contribution in [2.24, 2.45) is 5.73 Å². The summed E-state index contributed by atoms with van der Waals surface area (Å²) in [6.45, 7) is 3.82. The monoisotopic (exact) mass is 227 g/mol. The molecule has 0 aliphatic heterocycles. The highest BCUT2D eigenvalue weighted by Gasteiger charge is 2.33. The fourth-order valence-corrected chi connectivity index (χ4v) is 2.05. The van der Waals surface area contributed by atoms with Gasteiger partial charge in [0.25, 0.3) is 0 Å². The molecule has 0 aromatic heterocycles. The van der Waals surface area contributed by atoms with Gasteiger partial charge in [0.2, 0.25) is 5.91 Å². The van der Waals surface area contributed by atoms with Gasteiger partial charge in [0, 0.05) is 39.1 Å². The summed E-state index contributed by atoms with van der Waals surface area (Å²) in [5, 5.41) is 0. The standard InChI is InChI=1S/C12H25N3O/c1-4-7-15(10-5-6-10)11(9-13)8-12(16)14(2)3/h10-11H,4-9,13H2,1-3H3. The zero-order valence-corrected chi connectivity index (χ0v) is 10.8. The van der Waals surface area contributed by atoms with Gasteiger partial charge in [-0.15, -0.1) is 0 Å². The van der Waals surface area contributed by atoms with Crippen LogP contribution in [-0.2, 0) is 4.79 Å². The quantitative estimate of drug-likeness (QED) is 0.695. The molecule has 94 valence electrons. The smallest absolute Gasteiger partial charge is 0.223 e. The molecule has 1 aliphatic carbocycles. The summed E-state index contributed by atoms with van der Waals surface area (Å²) in [5.74, 6) is 0.178. The normalized spacial score (nSPS) is 17.6. The van der Waals surface area contributed by atoms with E-state index in [1.165, 1.54) is 12.8 Å². The molecule has 1 fully saturated rings. The third kappa shape index (κ3) is 3.76. The number of carbonyl (C=O) groups is 1. The molecule has 1 saturated carbocycles. The zero-order chi connectivity index (χ0) is 12.1. The van der Waals surface area contributed by atoms with Crippen molar-refractivity contribution in [3.63, 3.8) is 0 Å². The van der Waals surface area contributed by atoms with Gasteiger partial charge in [0.15, 0.2) is 0 Å². The molecule has 4 nitrogen and oxygen atoms in total. The van der Waals surface area contributed by atoms with Crippen molar-refractivity contribution >= 4 is 5.91 Å². The van der Waals surface area contributed by atoms with Gasteiger partial charge in [-0.05, 0) is 25.8 Å². The first-order valence-electron chi connectivity index (χ1n) is 6.26. The van der Waals surface area contributed by atoms with Crippen LogP contribution in [0.2, 0.25) is 0 Å². The van der Waals surface area contributed by atoms with Crippen LogP contribution in [0.1, 0.15) is 32.6 Å². The molecular weight excluding hydrogens is 202 g/mol. The maximum Gasteiger partial charge on any atom is 0.223 e. The largest absolute Gasteiger partial charge is 0.349 e. The molecule has 4 heteroatoms. The Labute approximate surface area is 98.8 Å². The molecule has 1 unspecified atom stereocenters. The number of nitrogens with zero attached hydrogens (tertiary/aromatic N) is 2. The summed E-state index contributed by atoms with van der Waals surface area (Å²) in [5.41, 5.74) is 5.81. The molecular formula is C12H25N3O. The van der Waals surface area contributed by atoms with E-state index in [1.54, 1.807) is 19.0 Å². The minimum Gasteiger partial charge on any atom is -0.349 e. The van der Waals surface area contributed by atoms with E-state index < -0.39 is 0 Å². The maximum absolute atomic E-state index is 11.7. The van der Waals surface area contributed by atoms with Crippen LogP contribution in [0.15, 0.2) is 0 Å². The van der Waals surface area contributed by atoms with Gasteiger partial charge < -0.3 is 10.6 Å². The van der Waals surface area contributed by atoms with Gasteiger partial charge in [0.1, 0.15) is 0 Å². The van der Waals surface area contributed by atoms with Gasteiger partial charge >= 0.3 is 0 Å². The lowest BCUT2D eigenvalue weighted by Crippen LogP contribution is -2.45. The Morgan fingerprint density at radius 3 is 2.44 bits per heavy atom. The second-order valence-electron chi connectivity index (χ2n) is 4.85. The molecule has 0 heterocycles. The summed E-state index contributed by atoms with van der Waals surface area (Å²) in [4.78, 5) is 15.8. The van der Waals surface area contributed by atoms with Crippen molar-refractivity contribution in [2.45, 2.75) is 44.7 Å². The fraction of sp³-hybridized carbons (Fsp3) is 0.917. The number of amides is 1. The summed E-state index contributed by atoms with van der Waals surface area (Å²) >= 11 is 0. The van der Waals surface area contributed by atoms with Crippen LogP contribution in [0.25, 0.3) is 0 Å². The maximum atomic E-state index is 11.7. The predicted octanol–water partition coefficient (Wildman–Crippen LogP) is 0.666. The molecule has 1 atom stereocenters. The van der Waals surface area contributed by atoms with E-state index in [0.29, 0.717) is 19.0 Å². The lowest BCUT2D eigenvalue weighted by atomic mass is 10.1. The second kappa shape index (κ2) is 6.21. The molecule has 0 aromatic carbocycles. The molecule has 1 aliphatic rings. The third-order valence-electron chi connectivity index (χ3n) is 3.15. The van der Waals surface area contributed by atoms with Crippen molar-refractivity contribution in [1.82, 2.24) is 9.80 Å². The molecule has 0 radical (unpaired) electrons. The third-order valence-corrected chi connectivity index (χ3v) is 3.15. The first-order valence-corrected chi connectivity index (χ1v) is 6.26. The number of carbonyl (C=O) groups excluding carboxylic acids is 1. The highest BCUT2D eigenvalue weighted by molar-refractivity contribution is 5.76. The Kier molecular flexibility index (Phi) is 5.22. The first kappa shape index (κ1) is 13.5. The van der Waals surface area contributed by atoms with Crippen molar-refractivity contribution in [3.8, 4) is 0 Å². The Hall–Kier alpha value is -0.610. The first-order chi connectivity index (χ1) is 7.60. The topological polar surface area (TPSA) is 49.6 Å². The number of nitrogens with two attached hydrogens (primary N) is 1. The molecule has 0 aromatic rings. The fourth-order valence-electron chi connectivity index (χ4n) is 2.05. The van der Waals surface area contributed by atoms with Crippen LogP contribution in [0.5, 0.6) is 0 Å². The zero-order valence-electron chi connectivity index (χ0n) is 10.8. The Balaban J connectivity index is 2.52. The van der Waals surface area contributed by atoms with Gasteiger partial charge in [-0.2, -0.15) is 0 Å². The van der Waals surface area contributed by atoms with Crippen LogP contribution in [0.4, 0.5) is 0 Å². The van der Waals surface area contributed by atoms with Crippen LogP contribution in [0, 0.1) is 0 Å². The minimum atomic E-state index is 0.178. The van der Waals surface area contributed by atoms with E-state index in [1.807, 2.05) is 0 Å². The van der Waals surface area contributed by atoms with E-state index in [4.69, 9.17) is 5.73 Å². The number of hydrogen-bond donors (Lipinski definition) is 1. The average molecular weight is 227 g/mol. The van der Waals surface area contributed by atoms with Gasteiger partial charge in [0.05, 0.1) is 0 Å². The minimum absolute atomic E-state index is 0.178. The molecule has 16 heavy (non-hydrogen) atoms. The Bertz CT molecular complexity index is 226. The van der Waals surface area contributed by atoms with Crippen LogP contribution < -0.4 is 5.73 Å². The number of rotatable bonds is 7. The van der Waals surface area contributed by atoms with Crippen LogP contribution in [-0.4, -0.2) is 55.0 Å². The van der Waals surface area contributed by atoms with E-state index in [9.17, 15) is 4.79 Å². The van der Waals surface area contributed by atoms with Gasteiger partial charge in [-0.25, -0.2) is 0 Å². The van der Waals surface area contributed by atoms with E-state index in [2.05, 4.69) is 11.8 Å². The second-order valence-corrected chi connectivity index (χ2v) is 4.85. The van der Waals surface area contributed by atoms with Crippen LogP contribution >= 0.6 is 0 Å². The van der Waals surface area contributed by atoms with Gasteiger partial charge in [-0.3, -0.25) is 9.69 Å². The van der Waals surface area contributed by atoms with E-state index in [0.717, 1.165) is 13.0 Å². The molecule has 0 spiro atoms. The Morgan fingerprint density at radius 2 is 2.06 bits per heavy atom. The summed E-state index contributed by atoms with van der Waals surface area (Å²) in [6, 6.07) is 0.908. The SMILES string of the molecule is CCCN(C1CC1)C(CN)CC(=O)N(C)C. The van der Waals surface area contributed by atoms with Crippen molar-refractivity contribution in [2.75, 3.05) is 27.2 Å². The summed E-state index contributed by atoms with van der Waals surface area (Å²) in [7, 11) is 3.61. The highest BCUT2D eigenvalue weighted by Crippen LogP contribution is 2.29. The van der Waals surface area contributed by atoms with Gasteiger partial charge in [-0.1, -0.05) is 6.92 Å². The molecule has 0 saturated heterocycles. The molecule has 1 rings (SSSR count). The van der Waals surface area contributed by atoms with Crippen molar-refractivity contribution in [3.05, 3.63) is 0 Å². The van der Waals surface area contributed by atoms with Crippen molar-refractivity contribution in [1.29, 1.82) is 0 Å². The van der Waals surface area contributed by atoms with E-state index >= 15 is 0 Å². The van der Waals surface area contributed by atoms with E-state index in [-0.39, 0.29) is 11.9 Å². The molecule has 2 N–H and O–H groups in total. The average Bonchev–Trinajstić information content (AvgIpc) is 3.06. The van der Waals surface area contributed by atoms with Crippen molar-refractivity contribution < 1.29 is 4.79 Å². The molecule has 0 bridgehead atoms. The lowest BCUT2D eigenvalue weighted by molar-refractivity contribution is -0.130. The Morgan fingerprint density at radius 1 is 1.44 bits per heavy atom. The number of hydrogen-bond acceptors (Lipinski definition) is 3.